The van der Waals surface area contributed by atoms with Gasteiger partial charge in [0.05, 0.1) is 11.1 Å². The molecule has 188 valence electrons. The van der Waals surface area contributed by atoms with E-state index in [2.05, 4.69) is 33.6 Å². The van der Waals surface area contributed by atoms with Gasteiger partial charge < -0.3 is 10.0 Å². The summed E-state index contributed by atoms with van der Waals surface area (Å²) < 4.78 is 40.5. The van der Waals surface area contributed by atoms with Crippen molar-refractivity contribution in [2.24, 2.45) is 7.05 Å². The van der Waals surface area contributed by atoms with Gasteiger partial charge in [-0.15, -0.1) is 0 Å². The first kappa shape index (κ1) is 25.0. The summed E-state index contributed by atoms with van der Waals surface area (Å²) in [7, 11) is 1.62. The van der Waals surface area contributed by atoms with E-state index in [4.69, 9.17) is 0 Å². The van der Waals surface area contributed by atoms with Crippen molar-refractivity contribution >= 4 is 16.9 Å². The van der Waals surface area contributed by atoms with Crippen molar-refractivity contribution < 1.29 is 18.3 Å². The summed E-state index contributed by atoms with van der Waals surface area (Å²) in [6, 6.07) is 8.46. The molecule has 1 aromatic carbocycles. The number of pyridine rings is 1. The largest absolute Gasteiger partial charge is 0.493 e. The first-order valence-corrected chi connectivity index (χ1v) is 11.8. The van der Waals surface area contributed by atoms with Crippen LogP contribution in [0.25, 0.3) is 11.0 Å². The summed E-state index contributed by atoms with van der Waals surface area (Å²) >= 11 is 0. The fourth-order valence-electron chi connectivity index (χ4n) is 4.96. The Labute approximate surface area is 201 Å². The first-order valence-electron chi connectivity index (χ1n) is 11.8. The molecular weight excluding hydrogens is 459 g/mol. The zero-order valence-corrected chi connectivity index (χ0v) is 20.3. The molecule has 0 amide bonds. The Balaban J connectivity index is 1.69. The van der Waals surface area contributed by atoms with Gasteiger partial charge in [-0.05, 0) is 43.5 Å². The molecule has 3 atom stereocenters. The van der Waals surface area contributed by atoms with E-state index in [0.717, 1.165) is 30.5 Å². The van der Waals surface area contributed by atoms with Crippen molar-refractivity contribution in [3.05, 3.63) is 58.0 Å². The number of aromatic nitrogens is 3. The molecule has 0 radical (unpaired) electrons. The second-order valence-corrected chi connectivity index (χ2v) is 9.08. The second-order valence-electron chi connectivity index (χ2n) is 9.08. The van der Waals surface area contributed by atoms with E-state index in [9.17, 15) is 23.1 Å². The fourth-order valence-corrected chi connectivity index (χ4v) is 4.96. The maximum absolute atomic E-state index is 13.0. The van der Waals surface area contributed by atoms with E-state index in [1.54, 1.807) is 25.2 Å². The van der Waals surface area contributed by atoms with Gasteiger partial charge in [0.1, 0.15) is 5.52 Å². The predicted molar refractivity (Wildman–Crippen MR) is 129 cm³/mol. The van der Waals surface area contributed by atoms with Gasteiger partial charge in [0.15, 0.2) is 5.82 Å². The number of aryl methyl sites for hydroxylation is 1. The van der Waals surface area contributed by atoms with E-state index < -0.39 is 17.4 Å². The molecule has 35 heavy (non-hydrogen) atoms. The topological polar surface area (TPSA) is 74.5 Å². The number of nitrogens with zero attached hydrogens (tertiary/aromatic N) is 5. The molecule has 7 nitrogen and oxygen atoms in total. The van der Waals surface area contributed by atoms with Crippen LogP contribution in [0, 0.1) is 0 Å². The SMILES string of the molecule is CC[C@H]1CN(C(C)c2ccc(C(F)(F)F)cc2)[C@H](CC)CN1c1nc(=O)n(C)c2ccc(O)nc12. The highest BCUT2D eigenvalue weighted by atomic mass is 19.4. The summed E-state index contributed by atoms with van der Waals surface area (Å²) in [5, 5.41) is 10.0. The zero-order chi connectivity index (χ0) is 25.5. The average molecular weight is 490 g/mol. The molecule has 1 aliphatic rings. The lowest BCUT2D eigenvalue weighted by molar-refractivity contribution is -0.137. The Morgan fingerprint density at radius 3 is 2.29 bits per heavy atom. The molecule has 1 fully saturated rings. The molecule has 2 aromatic heterocycles. The van der Waals surface area contributed by atoms with Crippen LogP contribution in [0.3, 0.4) is 0 Å². The highest BCUT2D eigenvalue weighted by Crippen LogP contribution is 2.35. The van der Waals surface area contributed by atoms with Crippen LogP contribution >= 0.6 is 0 Å². The number of piperazine rings is 1. The van der Waals surface area contributed by atoms with E-state index >= 15 is 0 Å². The smallest absolute Gasteiger partial charge is 0.416 e. The molecule has 0 saturated carbocycles. The van der Waals surface area contributed by atoms with Crippen LogP contribution in [0.15, 0.2) is 41.2 Å². The van der Waals surface area contributed by atoms with Crippen molar-refractivity contribution in [2.45, 2.75) is 57.9 Å². The van der Waals surface area contributed by atoms with Crippen molar-refractivity contribution in [3.8, 4) is 5.88 Å². The molecule has 0 bridgehead atoms. The van der Waals surface area contributed by atoms with E-state index in [1.165, 1.54) is 10.6 Å². The average Bonchev–Trinajstić information content (AvgIpc) is 2.84. The number of anilines is 1. The zero-order valence-electron chi connectivity index (χ0n) is 20.3. The standard InChI is InChI=1S/C25H30F3N5O2/c1-5-18-14-33(23-22-20(11-12-21(34)29-22)31(4)24(35)30-23)19(6-2)13-32(18)15(3)16-7-9-17(10-8-16)25(26,27)28/h7-12,15,18-19H,5-6,13-14H2,1-4H3,(H,29,34)/t15?,18-,19+/m1/s1. The minimum atomic E-state index is -4.36. The van der Waals surface area contributed by atoms with Gasteiger partial charge in [-0.1, -0.05) is 26.0 Å². The summed E-state index contributed by atoms with van der Waals surface area (Å²) in [4.78, 5) is 25.7. The Bertz CT molecular complexity index is 1260. The number of alkyl halides is 3. The lowest BCUT2D eigenvalue weighted by Gasteiger charge is -2.49. The van der Waals surface area contributed by atoms with Gasteiger partial charge >= 0.3 is 11.9 Å². The summed E-state index contributed by atoms with van der Waals surface area (Å²) in [5.41, 5.74) is 0.814. The molecule has 0 spiro atoms. The molecule has 1 unspecified atom stereocenters. The number of halogens is 3. The molecular formula is C25H30F3N5O2. The predicted octanol–water partition coefficient (Wildman–Crippen LogP) is 4.49. The Kier molecular flexibility index (Phi) is 6.77. The van der Waals surface area contributed by atoms with E-state index in [-0.39, 0.29) is 24.0 Å². The lowest BCUT2D eigenvalue weighted by atomic mass is 9.96. The monoisotopic (exact) mass is 489 g/mol. The molecule has 4 rings (SSSR count). The van der Waals surface area contributed by atoms with Crippen LogP contribution in [0.5, 0.6) is 5.88 Å². The quantitative estimate of drug-likeness (QED) is 0.569. The van der Waals surface area contributed by atoms with Gasteiger partial charge in [-0.25, -0.2) is 9.78 Å². The van der Waals surface area contributed by atoms with Crippen LogP contribution in [0.4, 0.5) is 19.0 Å². The number of benzene rings is 1. The molecule has 3 heterocycles. The minimum absolute atomic E-state index is 0.00153. The number of aromatic hydroxyl groups is 1. The third-order valence-corrected chi connectivity index (χ3v) is 7.09. The van der Waals surface area contributed by atoms with Crippen LogP contribution in [-0.4, -0.2) is 49.7 Å². The third-order valence-electron chi connectivity index (χ3n) is 7.09. The van der Waals surface area contributed by atoms with E-state index in [1.807, 2.05) is 6.92 Å². The third kappa shape index (κ3) is 4.71. The Morgan fingerprint density at radius 2 is 1.69 bits per heavy atom. The normalized spacial score (nSPS) is 20.4. The summed E-state index contributed by atoms with van der Waals surface area (Å²) in [6.07, 6.45) is -2.79. The molecule has 1 saturated heterocycles. The van der Waals surface area contributed by atoms with Crippen molar-refractivity contribution in [1.29, 1.82) is 0 Å². The second kappa shape index (κ2) is 9.49. The number of hydrogen-bond acceptors (Lipinski definition) is 6. The molecule has 1 aliphatic heterocycles. The van der Waals surface area contributed by atoms with Crippen LogP contribution in [-0.2, 0) is 13.2 Å². The highest BCUT2D eigenvalue weighted by Gasteiger charge is 2.37. The lowest BCUT2D eigenvalue weighted by Crippen LogP contribution is -2.59. The fraction of sp³-hybridized carbons (Fsp3) is 0.480. The molecule has 1 N–H and O–H groups in total. The van der Waals surface area contributed by atoms with Crippen molar-refractivity contribution in [1.82, 2.24) is 19.4 Å². The van der Waals surface area contributed by atoms with Gasteiger partial charge in [0.25, 0.3) is 0 Å². The summed E-state index contributed by atoms with van der Waals surface area (Å²) in [5.74, 6) is 0.306. The highest BCUT2D eigenvalue weighted by molar-refractivity contribution is 5.86. The van der Waals surface area contributed by atoms with Crippen LogP contribution in [0.2, 0.25) is 0 Å². The van der Waals surface area contributed by atoms with Gasteiger partial charge in [0, 0.05) is 44.3 Å². The Hall–Kier alpha value is -3.14. The number of rotatable bonds is 5. The van der Waals surface area contributed by atoms with Gasteiger partial charge in [-0.2, -0.15) is 18.2 Å². The minimum Gasteiger partial charge on any atom is -0.493 e. The molecule has 0 aliphatic carbocycles. The number of hydrogen-bond donors (Lipinski definition) is 1. The van der Waals surface area contributed by atoms with Gasteiger partial charge in [-0.3, -0.25) is 9.47 Å². The Morgan fingerprint density at radius 1 is 1.03 bits per heavy atom. The maximum atomic E-state index is 13.0. The molecule has 3 aromatic rings. The molecule has 10 heteroatoms. The van der Waals surface area contributed by atoms with Gasteiger partial charge in [0.2, 0.25) is 5.88 Å². The van der Waals surface area contributed by atoms with Crippen molar-refractivity contribution in [3.63, 3.8) is 0 Å². The van der Waals surface area contributed by atoms with Crippen LogP contribution in [0.1, 0.15) is 50.8 Å². The van der Waals surface area contributed by atoms with Crippen LogP contribution < -0.4 is 10.6 Å². The maximum Gasteiger partial charge on any atom is 0.416 e. The number of fused-ring (bicyclic) bond motifs is 1. The van der Waals surface area contributed by atoms with Crippen molar-refractivity contribution in [2.75, 3.05) is 18.0 Å². The summed E-state index contributed by atoms with van der Waals surface area (Å²) in [6.45, 7) is 7.36. The van der Waals surface area contributed by atoms with E-state index in [0.29, 0.717) is 29.9 Å². The first-order chi connectivity index (χ1) is 16.5.